The second kappa shape index (κ2) is 4.97. The smallest absolute Gasteiger partial charge is 0.209 e. The van der Waals surface area contributed by atoms with E-state index in [1.54, 1.807) is 6.07 Å². The highest BCUT2D eigenvalue weighted by molar-refractivity contribution is 5.76. The van der Waals surface area contributed by atoms with Crippen LogP contribution in [0.15, 0.2) is 33.2 Å². The normalized spacial score (nSPS) is 11.6. The van der Waals surface area contributed by atoms with Crippen LogP contribution >= 0.6 is 0 Å². The summed E-state index contributed by atoms with van der Waals surface area (Å²) in [5.74, 6) is 1.47. The Morgan fingerprint density at radius 2 is 2.10 bits per heavy atom. The Labute approximate surface area is 116 Å². The molecule has 0 bridgehead atoms. The van der Waals surface area contributed by atoms with E-state index in [0.717, 1.165) is 17.0 Å². The van der Waals surface area contributed by atoms with Gasteiger partial charge in [-0.2, -0.15) is 0 Å². The molecule has 0 saturated heterocycles. The van der Waals surface area contributed by atoms with Crippen LogP contribution in [-0.4, -0.2) is 22.1 Å². The fourth-order valence-corrected chi connectivity index (χ4v) is 2.11. The van der Waals surface area contributed by atoms with E-state index in [2.05, 4.69) is 15.0 Å². The van der Waals surface area contributed by atoms with Gasteiger partial charge in [0.2, 0.25) is 5.89 Å². The summed E-state index contributed by atoms with van der Waals surface area (Å²) in [6, 6.07) is 7.38. The highest BCUT2D eigenvalue weighted by atomic mass is 16.5. The van der Waals surface area contributed by atoms with Crippen molar-refractivity contribution in [2.45, 2.75) is 20.0 Å². The molecular formula is C14H16N4O2. The number of nitrogens with two attached hydrogens (primary N) is 1. The first-order valence-electron chi connectivity index (χ1n) is 6.36. The SMILES string of the molecule is Cc1cc(CN(C)Cc2nc3ccc(N)cc3o2)no1. The third kappa shape index (κ3) is 2.65. The van der Waals surface area contributed by atoms with Gasteiger partial charge in [0.05, 0.1) is 12.2 Å². The molecule has 2 N–H and O–H groups in total. The van der Waals surface area contributed by atoms with Crippen LogP contribution in [0.3, 0.4) is 0 Å². The van der Waals surface area contributed by atoms with E-state index in [1.807, 2.05) is 32.2 Å². The fraction of sp³-hybridized carbons (Fsp3) is 0.286. The van der Waals surface area contributed by atoms with Crippen LogP contribution in [0, 0.1) is 6.92 Å². The van der Waals surface area contributed by atoms with Crippen LogP contribution < -0.4 is 5.73 Å². The molecule has 0 amide bonds. The van der Waals surface area contributed by atoms with Crippen LogP contribution in [0.1, 0.15) is 17.3 Å². The molecule has 6 nitrogen and oxygen atoms in total. The molecule has 0 atom stereocenters. The molecule has 0 radical (unpaired) electrons. The summed E-state index contributed by atoms with van der Waals surface area (Å²) in [5.41, 5.74) is 8.82. The molecule has 20 heavy (non-hydrogen) atoms. The average molecular weight is 272 g/mol. The quantitative estimate of drug-likeness (QED) is 0.734. The van der Waals surface area contributed by atoms with Gasteiger partial charge in [-0.05, 0) is 26.1 Å². The summed E-state index contributed by atoms with van der Waals surface area (Å²) < 4.78 is 10.7. The van der Waals surface area contributed by atoms with Crippen molar-refractivity contribution in [2.24, 2.45) is 0 Å². The largest absolute Gasteiger partial charge is 0.439 e. The molecule has 0 saturated carbocycles. The number of nitrogen functional groups attached to an aromatic ring is 1. The van der Waals surface area contributed by atoms with Gasteiger partial charge in [0.15, 0.2) is 5.58 Å². The lowest BCUT2D eigenvalue weighted by Crippen LogP contribution is -2.17. The van der Waals surface area contributed by atoms with E-state index in [1.165, 1.54) is 0 Å². The highest BCUT2D eigenvalue weighted by Gasteiger charge is 2.10. The topological polar surface area (TPSA) is 81.3 Å². The number of fused-ring (bicyclic) bond motifs is 1. The minimum Gasteiger partial charge on any atom is -0.439 e. The first-order chi connectivity index (χ1) is 9.60. The predicted molar refractivity (Wildman–Crippen MR) is 74.8 cm³/mol. The summed E-state index contributed by atoms with van der Waals surface area (Å²) in [4.78, 5) is 6.49. The second-order valence-electron chi connectivity index (χ2n) is 4.94. The molecule has 104 valence electrons. The Bertz CT molecular complexity index is 732. The maximum Gasteiger partial charge on any atom is 0.209 e. The van der Waals surface area contributed by atoms with Crippen molar-refractivity contribution in [3.63, 3.8) is 0 Å². The Balaban J connectivity index is 1.72. The van der Waals surface area contributed by atoms with Crippen LogP contribution in [-0.2, 0) is 13.1 Å². The van der Waals surface area contributed by atoms with Gasteiger partial charge >= 0.3 is 0 Å². The zero-order valence-corrected chi connectivity index (χ0v) is 11.5. The molecule has 0 fully saturated rings. The number of aromatic nitrogens is 2. The number of benzene rings is 1. The standard InChI is InChI=1S/C14H16N4O2/c1-9-5-11(17-20-9)7-18(2)8-14-16-12-4-3-10(15)6-13(12)19-14/h3-6H,7-8,15H2,1-2H3. The monoisotopic (exact) mass is 272 g/mol. The zero-order valence-electron chi connectivity index (χ0n) is 11.5. The van der Waals surface area contributed by atoms with Crippen LogP contribution in [0.2, 0.25) is 0 Å². The van der Waals surface area contributed by atoms with Crippen molar-refractivity contribution in [2.75, 3.05) is 12.8 Å². The van der Waals surface area contributed by atoms with Crippen molar-refractivity contribution in [1.29, 1.82) is 0 Å². The molecule has 0 unspecified atom stereocenters. The van der Waals surface area contributed by atoms with Gasteiger partial charge < -0.3 is 14.7 Å². The van der Waals surface area contributed by atoms with Crippen LogP contribution in [0.5, 0.6) is 0 Å². The van der Waals surface area contributed by atoms with Gasteiger partial charge in [-0.3, -0.25) is 4.90 Å². The van der Waals surface area contributed by atoms with Crippen LogP contribution in [0.25, 0.3) is 11.1 Å². The number of aryl methyl sites for hydroxylation is 1. The molecular weight excluding hydrogens is 256 g/mol. The Morgan fingerprint density at radius 3 is 2.85 bits per heavy atom. The summed E-state index contributed by atoms with van der Waals surface area (Å²) in [6.07, 6.45) is 0. The molecule has 0 aliphatic heterocycles. The van der Waals surface area contributed by atoms with Gasteiger partial charge in [-0.25, -0.2) is 4.98 Å². The zero-order chi connectivity index (χ0) is 14.1. The molecule has 2 heterocycles. The maximum atomic E-state index is 5.72. The molecule has 0 aliphatic rings. The molecule has 0 spiro atoms. The van der Waals surface area contributed by atoms with E-state index >= 15 is 0 Å². The summed E-state index contributed by atoms with van der Waals surface area (Å²) in [5, 5.41) is 3.97. The van der Waals surface area contributed by atoms with Crippen molar-refractivity contribution in [3.05, 3.63) is 41.6 Å². The first-order valence-corrected chi connectivity index (χ1v) is 6.36. The fourth-order valence-electron chi connectivity index (χ4n) is 2.11. The Hall–Kier alpha value is -2.34. The van der Waals surface area contributed by atoms with Crippen molar-refractivity contribution in [3.8, 4) is 0 Å². The molecule has 3 rings (SSSR count). The van der Waals surface area contributed by atoms with Gasteiger partial charge in [-0.15, -0.1) is 0 Å². The Kier molecular flexibility index (Phi) is 3.15. The minimum absolute atomic E-state index is 0.598. The van der Waals surface area contributed by atoms with E-state index in [9.17, 15) is 0 Å². The van der Waals surface area contributed by atoms with Gasteiger partial charge in [-0.1, -0.05) is 5.16 Å². The van der Waals surface area contributed by atoms with E-state index in [4.69, 9.17) is 14.7 Å². The third-order valence-electron chi connectivity index (χ3n) is 2.97. The maximum absolute atomic E-state index is 5.72. The van der Waals surface area contributed by atoms with E-state index in [-0.39, 0.29) is 0 Å². The molecule has 0 aliphatic carbocycles. The lowest BCUT2D eigenvalue weighted by atomic mass is 10.3. The van der Waals surface area contributed by atoms with E-state index < -0.39 is 0 Å². The molecule has 1 aromatic carbocycles. The highest BCUT2D eigenvalue weighted by Crippen LogP contribution is 2.19. The number of hydrogen-bond donors (Lipinski definition) is 1. The molecule has 2 aromatic heterocycles. The molecule has 3 aromatic rings. The predicted octanol–water partition coefficient (Wildman–Crippen LogP) is 2.34. The van der Waals surface area contributed by atoms with Gasteiger partial charge in [0, 0.05) is 24.4 Å². The van der Waals surface area contributed by atoms with Crippen molar-refractivity contribution < 1.29 is 8.94 Å². The summed E-state index contributed by atoms with van der Waals surface area (Å²) >= 11 is 0. The number of anilines is 1. The van der Waals surface area contributed by atoms with Crippen LogP contribution in [0.4, 0.5) is 5.69 Å². The number of nitrogens with zero attached hydrogens (tertiary/aromatic N) is 3. The number of rotatable bonds is 4. The van der Waals surface area contributed by atoms with E-state index in [0.29, 0.717) is 30.3 Å². The molecule has 6 heteroatoms. The summed E-state index contributed by atoms with van der Waals surface area (Å²) in [6.45, 7) is 3.15. The minimum atomic E-state index is 0.598. The average Bonchev–Trinajstić information content (AvgIpc) is 2.94. The number of oxazole rings is 1. The van der Waals surface area contributed by atoms with Crippen molar-refractivity contribution in [1.82, 2.24) is 15.0 Å². The van der Waals surface area contributed by atoms with Gasteiger partial charge in [0.25, 0.3) is 0 Å². The number of hydrogen-bond acceptors (Lipinski definition) is 6. The Morgan fingerprint density at radius 1 is 1.25 bits per heavy atom. The second-order valence-corrected chi connectivity index (χ2v) is 4.94. The lowest BCUT2D eigenvalue weighted by molar-refractivity contribution is 0.274. The summed E-state index contributed by atoms with van der Waals surface area (Å²) in [7, 11) is 1.98. The first kappa shape index (κ1) is 12.7. The van der Waals surface area contributed by atoms with Gasteiger partial charge in [0.1, 0.15) is 11.3 Å². The third-order valence-corrected chi connectivity index (χ3v) is 2.97. The van der Waals surface area contributed by atoms with Crippen molar-refractivity contribution >= 4 is 16.8 Å². The lowest BCUT2D eigenvalue weighted by Gasteiger charge is -2.11.